The molecule has 186 valence electrons. The van der Waals surface area contributed by atoms with Gasteiger partial charge in [-0.1, -0.05) is 58.7 Å². The van der Waals surface area contributed by atoms with Crippen molar-refractivity contribution < 1.29 is 19.1 Å². The second-order valence-corrected chi connectivity index (χ2v) is 8.99. The maximum Gasteiger partial charge on any atom is 0.329 e. The zero-order chi connectivity index (χ0) is 26.1. The molecular weight excluding hydrogens is 548 g/mol. The molecule has 0 atom stereocenters. The minimum absolute atomic E-state index is 0.264. The van der Waals surface area contributed by atoms with Crippen molar-refractivity contribution in [1.82, 2.24) is 5.43 Å². The van der Waals surface area contributed by atoms with Gasteiger partial charge in [-0.15, -0.1) is 0 Å². The summed E-state index contributed by atoms with van der Waals surface area (Å²) < 4.78 is 6.39. The van der Waals surface area contributed by atoms with Crippen LogP contribution in [0.15, 0.2) is 70.2 Å². The van der Waals surface area contributed by atoms with E-state index in [1.54, 1.807) is 48.5 Å². The molecule has 0 unspecified atom stereocenters. The molecule has 3 aromatic carbocycles. The molecule has 0 aromatic heterocycles. The predicted octanol–water partition coefficient (Wildman–Crippen LogP) is 5.08. The molecule has 36 heavy (non-hydrogen) atoms. The summed E-state index contributed by atoms with van der Waals surface area (Å²) in [5.41, 5.74) is 5.61. The van der Waals surface area contributed by atoms with Crippen LogP contribution in [0.5, 0.6) is 5.75 Å². The third-order valence-corrected chi connectivity index (χ3v) is 5.76. The summed E-state index contributed by atoms with van der Waals surface area (Å²) in [5.74, 6) is -1.78. The molecule has 0 radical (unpaired) electrons. The van der Waals surface area contributed by atoms with Crippen molar-refractivity contribution in [3.63, 3.8) is 0 Å². The van der Waals surface area contributed by atoms with Crippen molar-refractivity contribution in [1.29, 1.82) is 0 Å². The van der Waals surface area contributed by atoms with E-state index in [-0.39, 0.29) is 12.5 Å². The minimum Gasteiger partial charge on any atom is -0.483 e. The molecule has 0 bridgehead atoms. The van der Waals surface area contributed by atoms with Gasteiger partial charge in [-0.05, 0) is 60.9 Å². The number of hydrogen-bond donors (Lipinski definition) is 3. The lowest BCUT2D eigenvalue weighted by Crippen LogP contribution is -2.32. The lowest BCUT2D eigenvalue weighted by atomic mass is 10.1. The normalized spacial score (nSPS) is 10.7. The van der Waals surface area contributed by atoms with E-state index >= 15 is 0 Å². The van der Waals surface area contributed by atoms with Gasteiger partial charge in [0.1, 0.15) is 5.75 Å². The number of nitrogens with one attached hydrogen (secondary N) is 3. The first-order valence-electron chi connectivity index (χ1n) is 11.0. The Labute approximate surface area is 222 Å². The molecule has 3 aromatic rings. The van der Waals surface area contributed by atoms with Crippen LogP contribution in [-0.4, -0.2) is 30.5 Å². The molecule has 0 aliphatic heterocycles. The SMILES string of the molecule is CCc1ccccc1NC(=O)C(=O)N/N=C\c1cc(Br)ccc1OCC(=O)Nc1cc(Cl)ccc1C. The molecule has 0 fully saturated rings. The number of benzene rings is 3. The molecular formula is C26H24BrClN4O4. The largest absolute Gasteiger partial charge is 0.483 e. The van der Waals surface area contributed by atoms with E-state index in [0.717, 1.165) is 15.6 Å². The van der Waals surface area contributed by atoms with Crippen LogP contribution in [0.25, 0.3) is 0 Å². The highest BCUT2D eigenvalue weighted by Crippen LogP contribution is 2.23. The first-order chi connectivity index (χ1) is 17.3. The highest BCUT2D eigenvalue weighted by molar-refractivity contribution is 9.10. The van der Waals surface area contributed by atoms with E-state index in [1.165, 1.54) is 6.21 Å². The lowest BCUT2D eigenvalue weighted by molar-refractivity contribution is -0.136. The maximum atomic E-state index is 12.4. The fourth-order valence-electron chi connectivity index (χ4n) is 3.15. The summed E-state index contributed by atoms with van der Waals surface area (Å²) in [7, 11) is 0. The molecule has 0 aliphatic carbocycles. The number of anilines is 2. The highest BCUT2D eigenvalue weighted by Gasteiger charge is 2.14. The number of hydrazone groups is 1. The van der Waals surface area contributed by atoms with Gasteiger partial charge in [0.05, 0.1) is 6.21 Å². The van der Waals surface area contributed by atoms with Crippen molar-refractivity contribution in [2.24, 2.45) is 5.10 Å². The Morgan fingerprint density at radius 1 is 1.00 bits per heavy atom. The molecule has 0 aliphatic rings. The van der Waals surface area contributed by atoms with Crippen molar-refractivity contribution in [2.75, 3.05) is 17.2 Å². The van der Waals surface area contributed by atoms with Gasteiger partial charge in [0.2, 0.25) is 0 Å². The Kier molecular flexibility index (Phi) is 9.61. The van der Waals surface area contributed by atoms with Gasteiger partial charge in [-0.2, -0.15) is 5.10 Å². The van der Waals surface area contributed by atoms with E-state index in [2.05, 4.69) is 37.1 Å². The standard InChI is InChI=1S/C26H24BrClN4O4/c1-3-17-6-4-5-7-21(17)31-25(34)26(35)32-29-14-18-12-19(27)9-11-23(18)36-15-24(33)30-22-13-20(28)10-8-16(22)2/h4-14H,3,15H2,1-2H3,(H,30,33)(H,31,34)(H,32,35)/b29-14-. The third-order valence-electron chi connectivity index (χ3n) is 5.03. The quantitative estimate of drug-likeness (QED) is 0.199. The van der Waals surface area contributed by atoms with E-state index < -0.39 is 11.8 Å². The van der Waals surface area contributed by atoms with Gasteiger partial charge >= 0.3 is 11.8 Å². The molecule has 8 nitrogen and oxygen atoms in total. The van der Waals surface area contributed by atoms with E-state index in [1.807, 2.05) is 26.0 Å². The van der Waals surface area contributed by atoms with Crippen LogP contribution in [0.2, 0.25) is 5.02 Å². The first kappa shape index (κ1) is 26.9. The number of para-hydroxylation sites is 1. The molecule has 3 N–H and O–H groups in total. The van der Waals surface area contributed by atoms with E-state index in [4.69, 9.17) is 16.3 Å². The summed E-state index contributed by atoms with van der Waals surface area (Å²) >= 11 is 9.37. The number of rotatable bonds is 8. The Bertz CT molecular complexity index is 1310. The average molecular weight is 572 g/mol. The van der Waals surface area contributed by atoms with Crippen molar-refractivity contribution >= 4 is 62.8 Å². The molecule has 3 rings (SSSR count). The summed E-state index contributed by atoms with van der Waals surface area (Å²) in [6, 6.07) is 17.5. The fourth-order valence-corrected chi connectivity index (χ4v) is 3.70. The number of nitrogens with zero attached hydrogens (tertiary/aromatic N) is 1. The summed E-state index contributed by atoms with van der Waals surface area (Å²) in [4.78, 5) is 36.8. The zero-order valence-electron chi connectivity index (χ0n) is 19.6. The Balaban J connectivity index is 1.60. The monoisotopic (exact) mass is 570 g/mol. The molecule has 0 spiro atoms. The lowest BCUT2D eigenvalue weighted by Gasteiger charge is -2.12. The minimum atomic E-state index is -0.925. The fraction of sp³-hybridized carbons (Fsp3) is 0.154. The second kappa shape index (κ2) is 12.9. The number of hydrogen-bond acceptors (Lipinski definition) is 5. The van der Waals surface area contributed by atoms with Gasteiger partial charge in [0.15, 0.2) is 6.61 Å². The molecule has 0 heterocycles. The van der Waals surface area contributed by atoms with Crippen molar-refractivity contribution in [2.45, 2.75) is 20.3 Å². The molecule has 3 amide bonds. The highest BCUT2D eigenvalue weighted by atomic mass is 79.9. The summed E-state index contributed by atoms with van der Waals surface area (Å²) in [5, 5.41) is 9.71. The van der Waals surface area contributed by atoms with Crippen LogP contribution in [0.3, 0.4) is 0 Å². The number of amides is 3. The zero-order valence-corrected chi connectivity index (χ0v) is 21.9. The number of carbonyl (C=O) groups excluding carboxylic acids is 3. The van der Waals surface area contributed by atoms with Crippen LogP contribution in [0.1, 0.15) is 23.6 Å². The average Bonchev–Trinajstić information content (AvgIpc) is 2.86. The maximum absolute atomic E-state index is 12.4. The topological polar surface area (TPSA) is 109 Å². The van der Waals surface area contributed by atoms with Gasteiger partial charge in [-0.25, -0.2) is 5.43 Å². The first-order valence-corrected chi connectivity index (χ1v) is 12.1. The third kappa shape index (κ3) is 7.66. The van der Waals surface area contributed by atoms with Crippen LogP contribution in [0, 0.1) is 6.92 Å². The van der Waals surface area contributed by atoms with Crippen LogP contribution >= 0.6 is 27.5 Å². The van der Waals surface area contributed by atoms with Crippen LogP contribution < -0.4 is 20.8 Å². The van der Waals surface area contributed by atoms with Gasteiger partial charge in [0.25, 0.3) is 5.91 Å². The Hall–Kier alpha value is -3.69. The Morgan fingerprint density at radius 3 is 2.56 bits per heavy atom. The van der Waals surface area contributed by atoms with Gasteiger partial charge < -0.3 is 15.4 Å². The molecule has 10 heteroatoms. The Morgan fingerprint density at radius 2 is 1.78 bits per heavy atom. The van der Waals surface area contributed by atoms with Crippen LogP contribution in [-0.2, 0) is 20.8 Å². The van der Waals surface area contributed by atoms with Crippen molar-refractivity contribution in [3.05, 3.63) is 86.8 Å². The van der Waals surface area contributed by atoms with Gasteiger partial charge in [0, 0.05) is 26.4 Å². The summed E-state index contributed by atoms with van der Waals surface area (Å²) in [6.07, 6.45) is 2.03. The van der Waals surface area contributed by atoms with E-state index in [0.29, 0.717) is 34.1 Å². The number of halogens is 2. The van der Waals surface area contributed by atoms with Crippen molar-refractivity contribution in [3.8, 4) is 5.75 Å². The smallest absolute Gasteiger partial charge is 0.329 e. The predicted molar refractivity (Wildman–Crippen MR) is 145 cm³/mol. The summed E-state index contributed by atoms with van der Waals surface area (Å²) in [6.45, 7) is 3.54. The number of carbonyl (C=O) groups is 3. The second-order valence-electron chi connectivity index (χ2n) is 7.64. The van der Waals surface area contributed by atoms with Crippen LogP contribution in [0.4, 0.5) is 11.4 Å². The number of aryl methyl sites for hydroxylation is 2. The number of ether oxygens (including phenoxy) is 1. The molecule has 0 saturated carbocycles. The van der Waals surface area contributed by atoms with E-state index in [9.17, 15) is 14.4 Å². The molecule has 0 saturated heterocycles. The van der Waals surface area contributed by atoms with Gasteiger partial charge in [-0.3, -0.25) is 14.4 Å².